The van der Waals surface area contributed by atoms with Crippen LogP contribution in [0.4, 0.5) is 0 Å². The summed E-state index contributed by atoms with van der Waals surface area (Å²) in [4.78, 5) is 9.47. The molecule has 28 heavy (non-hydrogen) atoms. The molecule has 1 saturated heterocycles. The van der Waals surface area contributed by atoms with Crippen molar-refractivity contribution in [2.24, 2.45) is 0 Å². The second-order valence-corrected chi connectivity index (χ2v) is 8.35. The van der Waals surface area contributed by atoms with Gasteiger partial charge in [0.1, 0.15) is 10.8 Å². The summed E-state index contributed by atoms with van der Waals surface area (Å²) in [5.74, 6) is 0.871. The summed E-state index contributed by atoms with van der Waals surface area (Å²) in [6.07, 6.45) is 0. The maximum Gasteiger partial charge on any atom is 0.169 e. The van der Waals surface area contributed by atoms with Crippen LogP contribution in [0.2, 0.25) is 0 Å². The monoisotopic (exact) mass is 412 g/mol. The van der Waals surface area contributed by atoms with Crippen molar-refractivity contribution in [2.45, 2.75) is 13.1 Å². The zero-order valence-corrected chi connectivity index (χ0v) is 17.6. The first-order valence-corrected chi connectivity index (χ1v) is 10.7. The molecular weight excluding hydrogens is 388 g/mol. The minimum absolute atomic E-state index is 0.731. The van der Waals surface area contributed by atoms with Crippen LogP contribution in [0.25, 0.3) is 10.2 Å². The fourth-order valence-electron chi connectivity index (χ4n) is 3.32. The van der Waals surface area contributed by atoms with Gasteiger partial charge in [-0.2, -0.15) is 0 Å². The van der Waals surface area contributed by atoms with Crippen molar-refractivity contribution in [1.29, 1.82) is 0 Å². The van der Waals surface area contributed by atoms with Gasteiger partial charge in [0.2, 0.25) is 0 Å². The van der Waals surface area contributed by atoms with Crippen LogP contribution < -0.4 is 10.1 Å². The molecule has 2 heterocycles. The van der Waals surface area contributed by atoms with Crippen LogP contribution in [0.5, 0.6) is 5.75 Å². The number of hydrogen-bond acceptors (Lipinski definition) is 5. The topological polar surface area (TPSA) is 40.6 Å². The molecule has 0 bridgehead atoms. The number of rotatable bonds is 5. The van der Waals surface area contributed by atoms with Crippen molar-refractivity contribution < 1.29 is 4.74 Å². The summed E-state index contributed by atoms with van der Waals surface area (Å²) in [7, 11) is 1.68. The third-order valence-electron chi connectivity index (χ3n) is 4.96. The van der Waals surface area contributed by atoms with Crippen LogP contribution in [0, 0.1) is 0 Å². The van der Waals surface area contributed by atoms with Crippen LogP contribution in [0.1, 0.15) is 10.6 Å². The number of fused-ring (bicyclic) bond motifs is 1. The molecule has 2 aromatic carbocycles. The fraction of sp³-hybridized carbons (Fsp3) is 0.333. The highest BCUT2D eigenvalue weighted by molar-refractivity contribution is 7.80. The number of aromatic nitrogens is 1. The standard InChI is InChI=1S/C21H24N4OS2/c1-26-17-8-6-16(7-9-17)14-22-21(27)25-12-10-24(11-13-25)15-20-23-18-4-2-3-5-19(18)28-20/h2-9H,10-15H2,1H3,(H,22,27). The van der Waals surface area contributed by atoms with Gasteiger partial charge < -0.3 is 15.0 Å². The van der Waals surface area contributed by atoms with Crippen LogP contribution in [-0.2, 0) is 13.1 Å². The van der Waals surface area contributed by atoms with E-state index in [0.29, 0.717) is 0 Å². The largest absolute Gasteiger partial charge is 0.497 e. The second-order valence-electron chi connectivity index (χ2n) is 6.85. The lowest BCUT2D eigenvalue weighted by molar-refractivity contribution is 0.174. The van der Waals surface area contributed by atoms with E-state index in [1.807, 2.05) is 18.2 Å². The van der Waals surface area contributed by atoms with Gasteiger partial charge in [-0.1, -0.05) is 24.3 Å². The zero-order valence-electron chi connectivity index (χ0n) is 15.9. The molecule has 0 saturated carbocycles. The highest BCUT2D eigenvalue weighted by Crippen LogP contribution is 2.23. The van der Waals surface area contributed by atoms with Crippen LogP contribution in [0.15, 0.2) is 48.5 Å². The number of nitrogens with one attached hydrogen (secondary N) is 1. The Kier molecular flexibility index (Phi) is 6.04. The number of methoxy groups -OCH3 is 1. The lowest BCUT2D eigenvalue weighted by Crippen LogP contribution is -2.51. The van der Waals surface area contributed by atoms with E-state index in [0.717, 1.165) is 55.6 Å². The Bertz CT molecular complexity index is 900. The van der Waals surface area contributed by atoms with Gasteiger partial charge in [-0.25, -0.2) is 4.98 Å². The maximum absolute atomic E-state index is 5.59. The van der Waals surface area contributed by atoms with Gasteiger partial charge in [0.25, 0.3) is 0 Å². The number of thiocarbonyl (C=S) groups is 1. The third kappa shape index (κ3) is 4.60. The van der Waals surface area contributed by atoms with Gasteiger partial charge >= 0.3 is 0 Å². The van der Waals surface area contributed by atoms with E-state index >= 15 is 0 Å². The van der Waals surface area contributed by atoms with E-state index in [1.165, 1.54) is 15.3 Å². The van der Waals surface area contributed by atoms with Crippen molar-refractivity contribution in [3.63, 3.8) is 0 Å². The Morgan fingerprint density at radius 2 is 1.86 bits per heavy atom. The SMILES string of the molecule is COc1ccc(CNC(=S)N2CCN(Cc3nc4ccccc4s3)CC2)cc1. The summed E-state index contributed by atoms with van der Waals surface area (Å²) in [5, 5.41) is 5.39. The Labute approximate surface area is 174 Å². The lowest BCUT2D eigenvalue weighted by atomic mass is 10.2. The van der Waals surface area contributed by atoms with Crippen molar-refractivity contribution in [2.75, 3.05) is 33.3 Å². The van der Waals surface area contributed by atoms with E-state index in [-0.39, 0.29) is 0 Å². The number of ether oxygens (including phenoxy) is 1. The van der Waals surface area contributed by atoms with E-state index in [1.54, 1.807) is 18.4 Å². The van der Waals surface area contributed by atoms with Gasteiger partial charge in [-0.3, -0.25) is 4.90 Å². The minimum Gasteiger partial charge on any atom is -0.497 e. The number of hydrogen-bond donors (Lipinski definition) is 1. The Morgan fingerprint density at radius 3 is 2.57 bits per heavy atom. The summed E-state index contributed by atoms with van der Waals surface area (Å²) in [6.45, 7) is 5.53. The van der Waals surface area contributed by atoms with E-state index in [4.69, 9.17) is 21.9 Å². The highest BCUT2D eigenvalue weighted by atomic mass is 32.1. The molecule has 0 spiro atoms. The molecule has 0 atom stereocenters. The van der Waals surface area contributed by atoms with Gasteiger partial charge in [-0.15, -0.1) is 11.3 Å². The normalized spacial score (nSPS) is 15.0. The van der Waals surface area contributed by atoms with E-state index in [2.05, 4.69) is 45.4 Å². The molecule has 0 unspecified atom stereocenters. The molecule has 0 radical (unpaired) electrons. The molecule has 1 N–H and O–H groups in total. The van der Waals surface area contributed by atoms with Crippen LogP contribution >= 0.6 is 23.6 Å². The lowest BCUT2D eigenvalue weighted by Gasteiger charge is -2.35. The molecule has 1 fully saturated rings. The molecule has 1 aliphatic heterocycles. The second kappa shape index (κ2) is 8.86. The molecule has 7 heteroatoms. The number of piperazine rings is 1. The fourth-order valence-corrected chi connectivity index (χ4v) is 4.59. The molecule has 0 aliphatic carbocycles. The molecule has 5 nitrogen and oxygen atoms in total. The number of thiazole rings is 1. The molecule has 4 rings (SSSR count). The van der Waals surface area contributed by atoms with Crippen LogP contribution in [-0.4, -0.2) is 53.2 Å². The van der Waals surface area contributed by atoms with Crippen LogP contribution in [0.3, 0.4) is 0 Å². The van der Waals surface area contributed by atoms with Crippen molar-refractivity contribution in [3.8, 4) is 5.75 Å². The summed E-state index contributed by atoms with van der Waals surface area (Å²) in [6, 6.07) is 16.4. The molecule has 1 aromatic heterocycles. The summed E-state index contributed by atoms with van der Waals surface area (Å²) >= 11 is 7.39. The molecule has 146 valence electrons. The first kappa shape index (κ1) is 19.1. The predicted molar refractivity (Wildman–Crippen MR) is 119 cm³/mol. The first-order valence-electron chi connectivity index (χ1n) is 9.44. The zero-order chi connectivity index (χ0) is 19.3. The molecule has 1 aliphatic rings. The van der Waals surface area contributed by atoms with Gasteiger partial charge in [0, 0.05) is 32.7 Å². The third-order valence-corrected chi connectivity index (χ3v) is 6.38. The van der Waals surface area contributed by atoms with Crippen molar-refractivity contribution in [1.82, 2.24) is 20.1 Å². The average Bonchev–Trinajstić information content (AvgIpc) is 3.15. The predicted octanol–water partition coefficient (Wildman–Crippen LogP) is 3.50. The minimum atomic E-state index is 0.731. The quantitative estimate of drug-likeness (QED) is 0.647. The molecule has 0 amide bonds. The smallest absolute Gasteiger partial charge is 0.169 e. The molecule has 3 aromatic rings. The average molecular weight is 413 g/mol. The van der Waals surface area contributed by atoms with E-state index < -0.39 is 0 Å². The number of benzene rings is 2. The maximum atomic E-state index is 5.59. The van der Waals surface area contributed by atoms with Crippen molar-refractivity contribution >= 4 is 38.9 Å². The van der Waals surface area contributed by atoms with Gasteiger partial charge in [0.15, 0.2) is 5.11 Å². The summed E-state index contributed by atoms with van der Waals surface area (Å²) in [5.41, 5.74) is 2.29. The Hall–Kier alpha value is -2.22. The Morgan fingerprint density at radius 1 is 1.11 bits per heavy atom. The van der Waals surface area contributed by atoms with E-state index in [9.17, 15) is 0 Å². The highest BCUT2D eigenvalue weighted by Gasteiger charge is 2.20. The number of para-hydroxylation sites is 1. The Balaban J connectivity index is 1.24. The van der Waals surface area contributed by atoms with Gasteiger partial charge in [-0.05, 0) is 42.0 Å². The van der Waals surface area contributed by atoms with Crippen molar-refractivity contribution in [3.05, 3.63) is 59.1 Å². The molecular formula is C21H24N4OS2. The van der Waals surface area contributed by atoms with Gasteiger partial charge in [0.05, 0.1) is 23.9 Å². The summed E-state index contributed by atoms with van der Waals surface area (Å²) < 4.78 is 6.46. The number of nitrogens with zero attached hydrogens (tertiary/aromatic N) is 3. The first-order chi connectivity index (χ1) is 13.7.